The van der Waals surface area contributed by atoms with Gasteiger partial charge < -0.3 is 24.8 Å². The number of aryl methyl sites for hydroxylation is 1. The first kappa shape index (κ1) is 23.4. The van der Waals surface area contributed by atoms with Crippen molar-refractivity contribution >= 4 is 29.9 Å². The van der Waals surface area contributed by atoms with E-state index in [4.69, 9.17) is 19.2 Å². The van der Waals surface area contributed by atoms with E-state index in [1.54, 1.807) is 0 Å². The minimum absolute atomic E-state index is 0. The van der Waals surface area contributed by atoms with Gasteiger partial charge in [-0.05, 0) is 18.9 Å². The summed E-state index contributed by atoms with van der Waals surface area (Å²) in [5.41, 5.74) is 2.47. The standard InChI is InChI=1S/C21H33N3O3.HI/c1-3-4-11-22-20(23-14-18-7-5-17(2)6-8-18)24-15-19-16-26-21(27-19)9-12-25-13-10-21;/h5-8,19H,3-4,9-16H2,1-2H3,(H2,22,23,24);1H. The molecular weight excluding hydrogens is 469 g/mol. The molecule has 7 heteroatoms. The van der Waals surface area contributed by atoms with Gasteiger partial charge in [0.1, 0.15) is 6.10 Å². The van der Waals surface area contributed by atoms with Crippen LogP contribution in [0, 0.1) is 6.92 Å². The van der Waals surface area contributed by atoms with Gasteiger partial charge in [0.15, 0.2) is 11.7 Å². The second kappa shape index (κ2) is 11.9. The summed E-state index contributed by atoms with van der Waals surface area (Å²) in [6.07, 6.45) is 3.94. The van der Waals surface area contributed by atoms with Crippen LogP contribution in [0.25, 0.3) is 0 Å². The lowest BCUT2D eigenvalue weighted by molar-refractivity contribution is -0.210. The number of guanidine groups is 1. The van der Waals surface area contributed by atoms with E-state index in [1.807, 2.05) is 0 Å². The monoisotopic (exact) mass is 503 g/mol. The predicted octanol–water partition coefficient (Wildman–Crippen LogP) is 3.37. The number of aliphatic imine (C=N–C) groups is 1. The second-order valence-corrected chi connectivity index (χ2v) is 7.39. The van der Waals surface area contributed by atoms with Crippen molar-refractivity contribution in [1.29, 1.82) is 0 Å². The molecule has 0 aromatic heterocycles. The quantitative estimate of drug-likeness (QED) is 0.259. The first-order valence-corrected chi connectivity index (χ1v) is 10.2. The minimum Gasteiger partial charge on any atom is -0.381 e. The molecule has 2 N–H and O–H groups in total. The number of nitrogens with zero attached hydrogens (tertiary/aromatic N) is 1. The molecule has 2 aliphatic rings. The van der Waals surface area contributed by atoms with Gasteiger partial charge in [0, 0.05) is 25.9 Å². The van der Waals surface area contributed by atoms with E-state index < -0.39 is 5.79 Å². The van der Waals surface area contributed by atoms with Crippen molar-refractivity contribution in [2.75, 3.05) is 32.9 Å². The Morgan fingerprint density at radius 1 is 1.18 bits per heavy atom. The van der Waals surface area contributed by atoms with Crippen LogP contribution >= 0.6 is 24.0 Å². The van der Waals surface area contributed by atoms with Gasteiger partial charge in [0.05, 0.1) is 26.4 Å². The molecular formula is C21H34IN3O3. The first-order chi connectivity index (χ1) is 13.2. The summed E-state index contributed by atoms with van der Waals surface area (Å²) in [7, 11) is 0. The van der Waals surface area contributed by atoms with Crippen molar-refractivity contribution in [2.24, 2.45) is 4.99 Å². The number of benzene rings is 1. The smallest absolute Gasteiger partial charge is 0.191 e. The van der Waals surface area contributed by atoms with Crippen LogP contribution < -0.4 is 10.6 Å². The Labute approximate surface area is 185 Å². The molecule has 158 valence electrons. The van der Waals surface area contributed by atoms with Gasteiger partial charge in [-0.15, -0.1) is 24.0 Å². The normalized spacial score (nSPS) is 21.4. The first-order valence-electron chi connectivity index (χ1n) is 10.2. The van der Waals surface area contributed by atoms with Gasteiger partial charge in [-0.25, -0.2) is 4.99 Å². The third-order valence-electron chi connectivity index (χ3n) is 5.03. The Morgan fingerprint density at radius 2 is 1.93 bits per heavy atom. The zero-order chi connectivity index (χ0) is 19.0. The largest absolute Gasteiger partial charge is 0.381 e. The Hall–Kier alpha value is -0.900. The lowest BCUT2D eigenvalue weighted by Gasteiger charge is -2.31. The van der Waals surface area contributed by atoms with Crippen molar-refractivity contribution in [3.8, 4) is 0 Å². The lowest BCUT2D eigenvalue weighted by atomic mass is 10.1. The van der Waals surface area contributed by atoms with Gasteiger partial charge in [-0.1, -0.05) is 43.2 Å². The summed E-state index contributed by atoms with van der Waals surface area (Å²) in [5.74, 6) is 0.403. The molecule has 28 heavy (non-hydrogen) atoms. The maximum atomic E-state index is 6.19. The van der Waals surface area contributed by atoms with Crippen LogP contribution in [-0.4, -0.2) is 50.8 Å². The number of hydrogen-bond acceptors (Lipinski definition) is 4. The average Bonchev–Trinajstić information content (AvgIpc) is 3.07. The predicted molar refractivity (Wildman–Crippen MR) is 122 cm³/mol. The topological polar surface area (TPSA) is 64.1 Å². The number of hydrogen-bond donors (Lipinski definition) is 2. The van der Waals surface area contributed by atoms with Crippen LogP contribution in [0.5, 0.6) is 0 Å². The molecule has 1 aromatic rings. The van der Waals surface area contributed by atoms with Crippen LogP contribution in [0.3, 0.4) is 0 Å². The molecule has 2 fully saturated rings. The van der Waals surface area contributed by atoms with Crippen molar-refractivity contribution in [3.63, 3.8) is 0 Å². The van der Waals surface area contributed by atoms with E-state index in [9.17, 15) is 0 Å². The van der Waals surface area contributed by atoms with Crippen molar-refractivity contribution in [1.82, 2.24) is 10.6 Å². The van der Waals surface area contributed by atoms with Crippen molar-refractivity contribution in [3.05, 3.63) is 35.4 Å². The van der Waals surface area contributed by atoms with Crippen molar-refractivity contribution < 1.29 is 14.2 Å². The number of unbranched alkanes of at least 4 members (excludes halogenated alkanes) is 1. The summed E-state index contributed by atoms with van der Waals surface area (Å²) in [4.78, 5) is 4.74. The average molecular weight is 503 g/mol. The molecule has 1 atom stereocenters. The van der Waals surface area contributed by atoms with Gasteiger partial charge in [-0.3, -0.25) is 0 Å². The van der Waals surface area contributed by atoms with E-state index in [0.717, 1.165) is 38.2 Å². The molecule has 1 aromatic carbocycles. The molecule has 0 radical (unpaired) electrons. The Balaban J connectivity index is 0.00000280. The lowest BCUT2D eigenvalue weighted by Crippen LogP contribution is -2.43. The third kappa shape index (κ3) is 7.17. The Bertz CT molecular complexity index is 603. The maximum absolute atomic E-state index is 6.19. The molecule has 3 rings (SSSR count). The zero-order valence-corrected chi connectivity index (χ0v) is 19.4. The van der Waals surface area contributed by atoms with Gasteiger partial charge >= 0.3 is 0 Å². The molecule has 0 amide bonds. The summed E-state index contributed by atoms with van der Waals surface area (Å²) >= 11 is 0. The SMILES string of the molecule is CCCCNC(=NCc1ccc(C)cc1)NCC1COC2(CCOCC2)O1.I. The molecule has 6 nitrogen and oxygen atoms in total. The van der Waals surface area contributed by atoms with E-state index in [-0.39, 0.29) is 30.1 Å². The minimum atomic E-state index is -0.431. The third-order valence-corrected chi connectivity index (χ3v) is 5.03. The fraction of sp³-hybridized carbons (Fsp3) is 0.667. The molecule has 0 saturated carbocycles. The van der Waals surface area contributed by atoms with Crippen molar-refractivity contribution in [2.45, 2.75) is 58.0 Å². The highest BCUT2D eigenvalue weighted by atomic mass is 127. The summed E-state index contributed by atoms with van der Waals surface area (Å²) in [6, 6.07) is 8.51. The van der Waals surface area contributed by atoms with Crippen LogP contribution in [0.15, 0.2) is 29.3 Å². The zero-order valence-electron chi connectivity index (χ0n) is 17.0. The molecule has 1 unspecified atom stereocenters. The van der Waals surface area contributed by atoms with E-state index in [2.05, 4.69) is 48.7 Å². The Kier molecular flexibility index (Phi) is 9.98. The summed E-state index contributed by atoms with van der Waals surface area (Å²) < 4.78 is 17.6. The van der Waals surface area contributed by atoms with E-state index in [0.29, 0.717) is 32.9 Å². The number of nitrogens with one attached hydrogen (secondary N) is 2. The van der Waals surface area contributed by atoms with E-state index >= 15 is 0 Å². The second-order valence-electron chi connectivity index (χ2n) is 7.39. The Morgan fingerprint density at radius 3 is 2.64 bits per heavy atom. The van der Waals surface area contributed by atoms with Crippen LogP contribution in [0.4, 0.5) is 0 Å². The highest BCUT2D eigenvalue weighted by Gasteiger charge is 2.42. The number of rotatable bonds is 7. The highest BCUT2D eigenvalue weighted by molar-refractivity contribution is 14.0. The molecule has 2 heterocycles. The maximum Gasteiger partial charge on any atom is 0.191 e. The molecule has 1 spiro atoms. The summed E-state index contributed by atoms with van der Waals surface area (Å²) in [6.45, 7) is 8.59. The number of halogens is 1. The van der Waals surface area contributed by atoms with Gasteiger partial charge in [-0.2, -0.15) is 0 Å². The van der Waals surface area contributed by atoms with Gasteiger partial charge in [0.25, 0.3) is 0 Å². The number of ether oxygens (including phenoxy) is 3. The van der Waals surface area contributed by atoms with Crippen LogP contribution in [0.1, 0.15) is 43.7 Å². The van der Waals surface area contributed by atoms with Crippen LogP contribution in [-0.2, 0) is 20.8 Å². The van der Waals surface area contributed by atoms with Gasteiger partial charge in [0.2, 0.25) is 0 Å². The highest BCUT2D eigenvalue weighted by Crippen LogP contribution is 2.32. The van der Waals surface area contributed by atoms with Crippen LogP contribution in [0.2, 0.25) is 0 Å². The molecule has 2 saturated heterocycles. The van der Waals surface area contributed by atoms with E-state index in [1.165, 1.54) is 11.1 Å². The summed E-state index contributed by atoms with van der Waals surface area (Å²) in [5, 5.41) is 6.85. The molecule has 0 bridgehead atoms. The molecule has 2 aliphatic heterocycles. The fourth-order valence-electron chi connectivity index (χ4n) is 3.29. The fourth-order valence-corrected chi connectivity index (χ4v) is 3.29. The molecule has 0 aliphatic carbocycles.